The molecule has 3 aliphatic rings. The second-order valence-electron chi connectivity index (χ2n) is 5.71. The molecule has 1 unspecified atom stereocenters. The second kappa shape index (κ2) is 3.73. The van der Waals surface area contributed by atoms with Gasteiger partial charge in [0.15, 0.2) is 0 Å². The predicted molar refractivity (Wildman–Crippen MR) is 62.9 cm³/mol. The molecular weight excluding hydrogens is 200 g/mol. The Morgan fingerprint density at radius 3 is 2.62 bits per heavy atom. The monoisotopic (exact) mass is 222 g/mol. The third-order valence-corrected chi connectivity index (χ3v) is 4.49. The van der Waals surface area contributed by atoms with Gasteiger partial charge < -0.3 is 4.90 Å². The molecule has 3 heteroatoms. The quantitative estimate of drug-likeness (QED) is 0.790. The molecule has 90 valence electrons. The van der Waals surface area contributed by atoms with Crippen molar-refractivity contribution in [2.45, 2.75) is 63.6 Å². The molecule has 3 nitrogen and oxygen atoms in total. The largest absolute Gasteiger partial charge is 0.325 e. The molecule has 16 heavy (non-hydrogen) atoms. The lowest BCUT2D eigenvalue weighted by Crippen LogP contribution is -2.43. The van der Waals surface area contributed by atoms with Crippen LogP contribution in [0.3, 0.4) is 0 Å². The van der Waals surface area contributed by atoms with Gasteiger partial charge >= 0.3 is 0 Å². The summed E-state index contributed by atoms with van der Waals surface area (Å²) in [4.78, 5) is 14.5. The highest BCUT2D eigenvalue weighted by Crippen LogP contribution is 2.45. The summed E-state index contributed by atoms with van der Waals surface area (Å²) in [6, 6.07) is 0. The smallest absolute Gasteiger partial charge is 0.244 e. The van der Waals surface area contributed by atoms with Gasteiger partial charge in [0, 0.05) is 6.54 Å². The Morgan fingerprint density at radius 2 is 2.06 bits per heavy atom. The van der Waals surface area contributed by atoms with Crippen LogP contribution in [0, 0.1) is 5.92 Å². The highest BCUT2D eigenvalue weighted by Gasteiger charge is 2.59. The molecule has 0 radical (unpaired) electrons. The molecule has 1 saturated heterocycles. The lowest BCUT2D eigenvalue weighted by atomic mass is 10.0. The number of rotatable bonds is 3. The molecule has 0 aromatic rings. The van der Waals surface area contributed by atoms with Gasteiger partial charge in [-0.2, -0.15) is 0 Å². The molecular formula is C13H22N2O. The molecule has 2 saturated carbocycles. The Kier molecular flexibility index (Phi) is 2.46. The van der Waals surface area contributed by atoms with E-state index in [-0.39, 0.29) is 5.54 Å². The second-order valence-corrected chi connectivity index (χ2v) is 5.71. The van der Waals surface area contributed by atoms with Gasteiger partial charge in [0.1, 0.15) is 0 Å². The van der Waals surface area contributed by atoms with Gasteiger partial charge in [-0.25, -0.2) is 0 Å². The van der Waals surface area contributed by atoms with Crippen molar-refractivity contribution in [1.82, 2.24) is 10.2 Å². The van der Waals surface area contributed by atoms with E-state index in [4.69, 9.17) is 0 Å². The third-order valence-electron chi connectivity index (χ3n) is 4.49. The fourth-order valence-electron chi connectivity index (χ4n) is 3.43. The Morgan fingerprint density at radius 1 is 1.38 bits per heavy atom. The summed E-state index contributed by atoms with van der Waals surface area (Å²) < 4.78 is 0. The molecule has 3 fully saturated rings. The zero-order valence-corrected chi connectivity index (χ0v) is 10.2. The maximum absolute atomic E-state index is 12.3. The molecule has 0 aromatic carbocycles. The zero-order valence-electron chi connectivity index (χ0n) is 10.2. The van der Waals surface area contributed by atoms with Gasteiger partial charge in [-0.1, -0.05) is 19.8 Å². The van der Waals surface area contributed by atoms with E-state index in [0.717, 1.165) is 31.7 Å². The lowest BCUT2D eigenvalue weighted by molar-refractivity contribution is -0.131. The van der Waals surface area contributed by atoms with Crippen LogP contribution in [0.4, 0.5) is 0 Å². The summed E-state index contributed by atoms with van der Waals surface area (Å²) in [5.74, 6) is 1.11. The first-order valence-corrected chi connectivity index (χ1v) is 6.85. The van der Waals surface area contributed by atoms with E-state index in [0.29, 0.717) is 12.1 Å². The molecule has 2 aliphatic carbocycles. The molecule has 1 spiro atoms. The fraction of sp³-hybridized carbons (Fsp3) is 0.923. The van der Waals surface area contributed by atoms with E-state index in [1.165, 1.54) is 25.7 Å². The van der Waals surface area contributed by atoms with Crippen molar-refractivity contribution in [2.24, 2.45) is 5.92 Å². The van der Waals surface area contributed by atoms with Crippen molar-refractivity contribution in [3.8, 4) is 0 Å². The number of hydrogen-bond acceptors (Lipinski definition) is 2. The van der Waals surface area contributed by atoms with Gasteiger partial charge in [0.2, 0.25) is 5.91 Å². The van der Waals surface area contributed by atoms with E-state index in [1.54, 1.807) is 0 Å². The minimum atomic E-state index is -0.109. The van der Waals surface area contributed by atoms with E-state index in [1.807, 2.05) is 0 Å². The molecule has 1 amide bonds. The molecule has 0 bridgehead atoms. The summed E-state index contributed by atoms with van der Waals surface area (Å²) in [5.41, 5.74) is -0.109. The van der Waals surface area contributed by atoms with E-state index in [2.05, 4.69) is 17.1 Å². The number of nitrogens with one attached hydrogen (secondary N) is 1. The van der Waals surface area contributed by atoms with E-state index >= 15 is 0 Å². The molecule has 3 rings (SSSR count). The highest BCUT2D eigenvalue weighted by atomic mass is 16.2. The van der Waals surface area contributed by atoms with Crippen LogP contribution in [-0.4, -0.2) is 29.1 Å². The minimum absolute atomic E-state index is 0.109. The number of amides is 1. The number of carbonyl (C=O) groups is 1. The molecule has 1 heterocycles. The first-order valence-electron chi connectivity index (χ1n) is 6.85. The standard InChI is InChI=1S/C13H22N2O/c1-2-9-15-11(10-5-3-4-6-10)14-13(7-8-13)12(15)16/h10-11,14H,2-9H2,1H3. The molecule has 1 aliphatic heterocycles. The van der Waals surface area contributed by atoms with Crippen LogP contribution in [0.1, 0.15) is 51.9 Å². The maximum Gasteiger partial charge on any atom is 0.244 e. The van der Waals surface area contributed by atoms with Crippen LogP contribution in [0.15, 0.2) is 0 Å². The fourth-order valence-corrected chi connectivity index (χ4v) is 3.43. The van der Waals surface area contributed by atoms with Gasteiger partial charge in [-0.3, -0.25) is 10.1 Å². The Labute approximate surface area is 97.6 Å². The van der Waals surface area contributed by atoms with Crippen molar-refractivity contribution in [1.29, 1.82) is 0 Å². The highest BCUT2D eigenvalue weighted by molar-refractivity contribution is 5.91. The van der Waals surface area contributed by atoms with Crippen molar-refractivity contribution >= 4 is 5.91 Å². The van der Waals surface area contributed by atoms with Gasteiger partial charge in [0.25, 0.3) is 0 Å². The van der Waals surface area contributed by atoms with Gasteiger partial charge in [0.05, 0.1) is 11.7 Å². The Balaban J connectivity index is 1.77. The molecule has 1 N–H and O–H groups in total. The van der Waals surface area contributed by atoms with Crippen LogP contribution < -0.4 is 5.32 Å². The van der Waals surface area contributed by atoms with Crippen molar-refractivity contribution < 1.29 is 4.79 Å². The Bertz CT molecular complexity index is 292. The summed E-state index contributed by atoms with van der Waals surface area (Å²) >= 11 is 0. The van der Waals surface area contributed by atoms with E-state index in [9.17, 15) is 4.79 Å². The topological polar surface area (TPSA) is 32.3 Å². The number of carbonyl (C=O) groups excluding carboxylic acids is 1. The van der Waals surface area contributed by atoms with Crippen LogP contribution >= 0.6 is 0 Å². The third kappa shape index (κ3) is 1.48. The van der Waals surface area contributed by atoms with Crippen molar-refractivity contribution in [3.63, 3.8) is 0 Å². The number of hydrogen-bond donors (Lipinski definition) is 1. The molecule has 1 atom stereocenters. The first-order chi connectivity index (χ1) is 7.77. The maximum atomic E-state index is 12.3. The van der Waals surface area contributed by atoms with Crippen LogP contribution in [0.2, 0.25) is 0 Å². The van der Waals surface area contributed by atoms with Crippen LogP contribution in [-0.2, 0) is 4.79 Å². The molecule has 0 aromatic heterocycles. The average Bonchev–Trinajstić information content (AvgIpc) is 2.76. The van der Waals surface area contributed by atoms with Crippen LogP contribution in [0.5, 0.6) is 0 Å². The summed E-state index contributed by atoms with van der Waals surface area (Å²) in [6.07, 6.45) is 8.88. The summed E-state index contributed by atoms with van der Waals surface area (Å²) in [6.45, 7) is 3.10. The number of nitrogens with zero attached hydrogens (tertiary/aromatic N) is 1. The van der Waals surface area contributed by atoms with Crippen LogP contribution in [0.25, 0.3) is 0 Å². The normalized spacial score (nSPS) is 32.9. The average molecular weight is 222 g/mol. The van der Waals surface area contributed by atoms with E-state index < -0.39 is 0 Å². The lowest BCUT2D eigenvalue weighted by Gasteiger charge is -2.28. The first kappa shape index (κ1) is 10.6. The van der Waals surface area contributed by atoms with Gasteiger partial charge in [-0.15, -0.1) is 0 Å². The van der Waals surface area contributed by atoms with Crippen molar-refractivity contribution in [2.75, 3.05) is 6.54 Å². The predicted octanol–water partition coefficient (Wildman–Crippen LogP) is 1.88. The zero-order chi connectivity index (χ0) is 11.2. The summed E-state index contributed by atoms with van der Waals surface area (Å²) in [7, 11) is 0. The van der Waals surface area contributed by atoms with Crippen molar-refractivity contribution in [3.05, 3.63) is 0 Å². The summed E-state index contributed by atoms with van der Waals surface area (Å²) in [5, 5.41) is 3.64. The Hall–Kier alpha value is -0.570. The van der Waals surface area contributed by atoms with Gasteiger partial charge in [-0.05, 0) is 38.0 Å². The minimum Gasteiger partial charge on any atom is -0.325 e. The SMILES string of the molecule is CCCN1C(=O)C2(CC2)NC1C1CCCC1.